The van der Waals surface area contributed by atoms with Gasteiger partial charge in [0.25, 0.3) is 5.69 Å². The largest absolute Gasteiger partial charge is 0.489 e. The van der Waals surface area contributed by atoms with Gasteiger partial charge in [-0.1, -0.05) is 12.1 Å². The van der Waals surface area contributed by atoms with Crippen molar-refractivity contribution in [3.8, 4) is 5.75 Å². The van der Waals surface area contributed by atoms with E-state index in [1.165, 1.54) is 12.1 Å². The minimum absolute atomic E-state index is 0.0517. The number of carboxylic acids is 1. The van der Waals surface area contributed by atoms with Crippen LogP contribution < -0.4 is 4.74 Å². The second-order valence-corrected chi connectivity index (χ2v) is 5.36. The summed E-state index contributed by atoms with van der Waals surface area (Å²) in [4.78, 5) is 21.4. The molecule has 2 rings (SSSR count). The molecular weight excluding hydrogens is 389 g/mol. The first-order valence-electron chi connectivity index (χ1n) is 5.87. The molecule has 7 heteroatoms. The van der Waals surface area contributed by atoms with E-state index in [0.717, 1.165) is 9.64 Å². The van der Waals surface area contributed by atoms with Crippen molar-refractivity contribution < 1.29 is 19.6 Å². The molecule has 0 atom stereocenters. The smallest absolute Gasteiger partial charge is 0.343 e. The summed E-state index contributed by atoms with van der Waals surface area (Å²) in [5.41, 5.74) is -0.519. The van der Waals surface area contributed by atoms with Crippen molar-refractivity contribution in [1.82, 2.24) is 0 Å². The van der Waals surface area contributed by atoms with Crippen molar-refractivity contribution >= 4 is 34.2 Å². The Labute approximate surface area is 133 Å². The highest BCUT2D eigenvalue weighted by Crippen LogP contribution is 2.24. The summed E-state index contributed by atoms with van der Waals surface area (Å²) < 4.78 is 6.53. The predicted molar refractivity (Wildman–Crippen MR) is 83.5 cm³/mol. The Hall–Kier alpha value is -2.16. The van der Waals surface area contributed by atoms with E-state index in [9.17, 15) is 14.9 Å². The molecule has 0 amide bonds. The number of ether oxygens (including phenoxy) is 1. The molecule has 0 aliphatic heterocycles. The molecule has 0 spiro atoms. The highest BCUT2D eigenvalue weighted by atomic mass is 127. The van der Waals surface area contributed by atoms with Gasteiger partial charge in [-0.05, 0) is 46.9 Å². The summed E-state index contributed by atoms with van der Waals surface area (Å²) in [6.07, 6.45) is 0. The molecule has 0 unspecified atom stereocenters. The summed E-state index contributed by atoms with van der Waals surface area (Å²) in [6, 6.07) is 11.3. The Morgan fingerprint density at radius 1 is 1.24 bits per heavy atom. The second kappa shape index (κ2) is 6.53. The van der Waals surface area contributed by atoms with Crippen LogP contribution in [-0.4, -0.2) is 16.0 Å². The maximum atomic E-state index is 11.2. The molecule has 21 heavy (non-hydrogen) atoms. The number of halogens is 1. The molecule has 6 nitrogen and oxygen atoms in total. The molecule has 0 bridgehead atoms. The summed E-state index contributed by atoms with van der Waals surface area (Å²) in [5.74, 6) is -0.776. The van der Waals surface area contributed by atoms with Crippen molar-refractivity contribution in [3.63, 3.8) is 0 Å². The zero-order valence-electron chi connectivity index (χ0n) is 10.7. The summed E-state index contributed by atoms with van der Waals surface area (Å²) in [5, 5.41) is 20.1. The predicted octanol–water partition coefficient (Wildman–Crippen LogP) is 3.48. The maximum Gasteiger partial charge on any atom is 0.343 e. The van der Waals surface area contributed by atoms with Gasteiger partial charge in [0.05, 0.1) is 4.92 Å². The Morgan fingerprint density at radius 3 is 2.48 bits per heavy atom. The zero-order valence-corrected chi connectivity index (χ0v) is 12.8. The van der Waals surface area contributed by atoms with E-state index >= 15 is 0 Å². The highest BCUT2D eigenvalue weighted by Gasteiger charge is 2.23. The topological polar surface area (TPSA) is 89.7 Å². The van der Waals surface area contributed by atoms with E-state index < -0.39 is 16.6 Å². The van der Waals surface area contributed by atoms with Gasteiger partial charge >= 0.3 is 5.97 Å². The number of hydrogen-bond acceptors (Lipinski definition) is 4. The van der Waals surface area contributed by atoms with Crippen molar-refractivity contribution in [2.75, 3.05) is 0 Å². The Bertz CT molecular complexity index is 684. The van der Waals surface area contributed by atoms with Crippen LogP contribution in [0.1, 0.15) is 15.9 Å². The zero-order chi connectivity index (χ0) is 15.4. The van der Waals surface area contributed by atoms with Gasteiger partial charge in [-0.2, -0.15) is 0 Å². The fraction of sp³-hybridized carbons (Fsp3) is 0.0714. The number of carbonyl (C=O) groups is 1. The van der Waals surface area contributed by atoms with E-state index in [2.05, 4.69) is 22.6 Å². The van der Waals surface area contributed by atoms with Crippen LogP contribution in [0.15, 0.2) is 42.5 Å². The minimum Gasteiger partial charge on any atom is -0.489 e. The number of nitrogens with zero attached hydrogens (tertiary/aromatic N) is 1. The van der Waals surface area contributed by atoms with Crippen LogP contribution in [0.25, 0.3) is 0 Å². The third-order valence-electron chi connectivity index (χ3n) is 2.75. The van der Waals surface area contributed by atoms with Crippen molar-refractivity contribution in [2.24, 2.45) is 0 Å². The van der Waals surface area contributed by atoms with Gasteiger partial charge in [0.2, 0.25) is 0 Å². The molecular formula is C14H10INO5. The number of rotatable bonds is 5. The molecule has 0 aliphatic rings. The first-order valence-corrected chi connectivity index (χ1v) is 6.95. The number of carboxylic acid groups (broad SMARTS) is 1. The summed E-state index contributed by atoms with van der Waals surface area (Å²) in [7, 11) is 0. The van der Waals surface area contributed by atoms with E-state index in [1.54, 1.807) is 12.1 Å². The molecule has 0 radical (unpaired) electrons. The van der Waals surface area contributed by atoms with Crippen molar-refractivity contribution in [3.05, 3.63) is 67.3 Å². The van der Waals surface area contributed by atoms with Crippen LogP contribution in [0.2, 0.25) is 0 Å². The summed E-state index contributed by atoms with van der Waals surface area (Å²) >= 11 is 2.15. The lowest BCUT2D eigenvalue weighted by molar-refractivity contribution is -0.385. The second-order valence-electron chi connectivity index (χ2n) is 4.12. The quantitative estimate of drug-likeness (QED) is 0.473. The lowest BCUT2D eigenvalue weighted by Gasteiger charge is -2.09. The first-order chi connectivity index (χ1) is 9.99. The molecule has 1 N–H and O–H groups in total. The monoisotopic (exact) mass is 399 g/mol. The number of aromatic carboxylic acids is 1. The fourth-order valence-electron chi connectivity index (χ4n) is 1.80. The molecule has 0 aromatic heterocycles. The standard InChI is InChI=1S/C14H10INO5/c15-10-4-6-11(7-5-10)21-8-9-2-1-3-12(16(19)20)13(9)14(17)18/h1-7H,8H2,(H,17,18). The number of nitro groups is 1. The van der Waals surface area contributed by atoms with Gasteiger partial charge in [-0.3, -0.25) is 10.1 Å². The van der Waals surface area contributed by atoms with Gasteiger partial charge < -0.3 is 9.84 Å². The van der Waals surface area contributed by atoms with Crippen LogP contribution in [-0.2, 0) is 6.61 Å². The molecule has 2 aromatic rings. The van der Waals surface area contributed by atoms with Gasteiger partial charge in [0.1, 0.15) is 17.9 Å². The molecule has 0 heterocycles. The number of benzene rings is 2. The lowest BCUT2D eigenvalue weighted by atomic mass is 10.1. The highest BCUT2D eigenvalue weighted by molar-refractivity contribution is 14.1. The molecule has 0 saturated heterocycles. The molecule has 0 saturated carbocycles. The van der Waals surface area contributed by atoms with E-state index in [4.69, 9.17) is 9.84 Å². The Balaban J connectivity index is 2.27. The number of nitro benzene ring substituents is 1. The Morgan fingerprint density at radius 2 is 1.90 bits per heavy atom. The Kier molecular flexibility index (Phi) is 4.73. The first kappa shape index (κ1) is 15.2. The molecule has 108 valence electrons. The maximum absolute atomic E-state index is 11.2. The molecule has 2 aromatic carbocycles. The van der Waals surface area contributed by atoms with E-state index in [1.807, 2.05) is 12.1 Å². The van der Waals surface area contributed by atoms with Crippen LogP contribution in [0, 0.1) is 13.7 Å². The fourth-order valence-corrected chi connectivity index (χ4v) is 2.16. The number of hydrogen-bond donors (Lipinski definition) is 1. The van der Waals surface area contributed by atoms with Crippen molar-refractivity contribution in [1.29, 1.82) is 0 Å². The lowest BCUT2D eigenvalue weighted by Crippen LogP contribution is -2.09. The minimum atomic E-state index is -1.34. The third kappa shape index (κ3) is 3.69. The average Bonchev–Trinajstić information content (AvgIpc) is 2.46. The average molecular weight is 399 g/mol. The normalized spacial score (nSPS) is 10.1. The third-order valence-corrected chi connectivity index (χ3v) is 3.47. The van der Waals surface area contributed by atoms with Gasteiger partial charge in [0.15, 0.2) is 0 Å². The summed E-state index contributed by atoms with van der Waals surface area (Å²) in [6.45, 7) is -0.0517. The van der Waals surface area contributed by atoms with Gasteiger partial charge in [0, 0.05) is 15.2 Å². The SMILES string of the molecule is O=C(O)c1c(COc2ccc(I)cc2)cccc1[N+](=O)[O-]. The van der Waals surface area contributed by atoms with Gasteiger partial charge in [-0.15, -0.1) is 0 Å². The molecule has 0 aliphatic carbocycles. The van der Waals surface area contributed by atoms with Crippen LogP contribution in [0.4, 0.5) is 5.69 Å². The van der Waals surface area contributed by atoms with Crippen LogP contribution in [0.3, 0.4) is 0 Å². The van der Waals surface area contributed by atoms with Crippen LogP contribution in [0.5, 0.6) is 5.75 Å². The van der Waals surface area contributed by atoms with E-state index in [-0.39, 0.29) is 17.7 Å². The van der Waals surface area contributed by atoms with Crippen LogP contribution >= 0.6 is 22.6 Å². The molecule has 0 fully saturated rings. The van der Waals surface area contributed by atoms with E-state index in [0.29, 0.717) is 5.75 Å². The van der Waals surface area contributed by atoms with Gasteiger partial charge in [-0.25, -0.2) is 4.79 Å². The van der Waals surface area contributed by atoms with Crippen molar-refractivity contribution in [2.45, 2.75) is 6.61 Å².